The van der Waals surface area contributed by atoms with E-state index in [0.29, 0.717) is 0 Å². The minimum Gasteiger partial charge on any atom is -0.452 e. The Morgan fingerprint density at radius 3 is 2.91 bits per heavy atom. The van der Waals surface area contributed by atoms with E-state index in [1.807, 2.05) is 6.07 Å². The SMILES string of the molecule is CN(CCC#N)C(=O)COC(=O)c1cccnc1SC(F)F. The van der Waals surface area contributed by atoms with Gasteiger partial charge in [0.2, 0.25) is 0 Å². The molecule has 0 aromatic carbocycles. The molecule has 0 saturated carbocycles. The molecule has 0 bridgehead atoms. The first-order valence-corrected chi connectivity index (χ1v) is 7.01. The zero-order chi connectivity index (χ0) is 16.5. The molecule has 0 aliphatic heterocycles. The number of esters is 1. The molecule has 6 nitrogen and oxygen atoms in total. The third kappa shape index (κ3) is 5.65. The molecule has 0 saturated heterocycles. The molecule has 1 amide bonds. The molecule has 1 aromatic rings. The summed E-state index contributed by atoms with van der Waals surface area (Å²) in [6, 6.07) is 4.59. The summed E-state index contributed by atoms with van der Waals surface area (Å²) < 4.78 is 29.6. The predicted octanol–water partition coefficient (Wildman–Crippen LogP) is 1.93. The Morgan fingerprint density at radius 1 is 1.55 bits per heavy atom. The summed E-state index contributed by atoms with van der Waals surface area (Å²) in [6.45, 7) is -0.319. The van der Waals surface area contributed by atoms with Crippen LogP contribution in [0.25, 0.3) is 0 Å². The molecule has 0 N–H and O–H groups in total. The van der Waals surface area contributed by atoms with E-state index < -0.39 is 24.2 Å². The van der Waals surface area contributed by atoms with Crippen molar-refractivity contribution in [2.75, 3.05) is 20.2 Å². The van der Waals surface area contributed by atoms with Crippen LogP contribution in [0.5, 0.6) is 0 Å². The third-order valence-electron chi connectivity index (χ3n) is 2.50. The number of pyridine rings is 1. The maximum absolute atomic E-state index is 12.4. The maximum Gasteiger partial charge on any atom is 0.341 e. The number of thioether (sulfide) groups is 1. The van der Waals surface area contributed by atoms with Gasteiger partial charge in [-0.15, -0.1) is 0 Å². The van der Waals surface area contributed by atoms with Crippen molar-refractivity contribution in [1.82, 2.24) is 9.88 Å². The summed E-state index contributed by atoms with van der Waals surface area (Å²) in [6.07, 6.45) is 1.44. The molecule has 0 radical (unpaired) electrons. The molecule has 9 heteroatoms. The maximum atomic E-state index is 12.4. The molecular weight excluding hydrogens is 316 g/mol. The first kappa shape index (κ1) is 17.8. The fourth-order valence-corrected chi connectivity index (χ4v) is 1.95. The van der Waals surface area contributed by atoms with Gasteiger partial charge in [0, 0.05) is 19.8 Å². The molecular formula is C13H13F2N3O3S. The van der Waals surface area contributed by atoms with Crippen LogP contribution in [-0.2, 0) is 9.53 Å². The summed E-state index contributed by atoms with van der Waals surface area (Å²) in [5.74, 6) is -4.12. The summed E-state index contributed by atoms with van der Waals surface area (Å²) in [5, 5.41) is 8.26. The van der Waals surface area contributed by atoms with Gasteiger partial charge in [-0.2, -0.15) is 14.0 Å². The Kier molecular flexibility index (Phi) is 7.25. The molecule has 0 fully saturated rings. The second kappa shape index (κ2) is 8.94. The summed E-state index contributed by atoms with van der Waals surface area (Å²) >= 11 is 0.128. The second-order valence-corrected chi connectivity index (χ2v) is 5.01. The minimum atomic E-state index is -2.72. The molecule has 1 heterocycles. The third-order valence-corrected chi connectivity index (χ3v) is 3.23. The van der Waals surface area contributed by atoms with Crippen molar-refractivity contribution in [3.8, 4) is 6.07 Å². The van der Waals surface area contributed by atoms with Gasteiger partial charge in [0.25, 0.3) is 11.7 Å². The molecule has 118 valence electrons. The van der Waals surface area contributed by atoms with Gasteiger partial charge >= 0.3 is 5.97 Å². The lowest BCUT2D eigenvalue weighted by Gasteiger charge is -2.15. The largest absolute Gasteiger partial charge is 0.452 e. The highest BCUT2D eigenvalue weighted by Gasteiger charge is 2.19. The van der Waals surface area contributed by atoms with Crippen LogP contribution in [-0.4, -0.2) is 47.7 Å². The highest BCUT2D eigenvalue weighted by atomic mass is 32.2. The van der Waals surface area contributed by atoms with Crippen molar-refractivity contribution < 1.29 is 23.1 Å². The molecule has 0 atom stereocenters. The van der Waals surface area contributed by atoms with Gasteiger partial charge < -0.3 is 9.64 Å². The first-order chi connectivity index (χ1) is 10.5. The first-order valence-electron chi connectivity index (χ1n) is 6.13. The number of aromatic nitrogens is 1. The smallest absolute Gasteiger partial charge is 0.341 e. The van der Waals surface area contributed by atoms with Crippen LogP contribution in [0.2, 0.25) is 0 Å². The molecule has 0 aliphatic carbocycles. The number of rotatable bonds is 7. The van der Waals surface area contributed by atoms with Crippen LogP contribution in [0.3, 0.4) is 0 Å². The Balaban J connectivity index is 2.63. The number of likely N-dealkylation sites (N-methyl/N-ethyl adjacent to an activating group) is 1. The van der Waals surface area contributed by atoms with Crippen LogP contribution < -0.4 is 0 Å². The standard InChI is InChI=1S/C13H13F2N3O3S/c1-18(7-3-5-16)10(19)8-21-12(20)9-4-2-6-17-11(9)22-13(14)15/h2,4,6,13H,3,7-8H2,1H3. The van der Waals surface area contributed by atoms with Gasteiger partial charge in [-0.1, -0.05) is 0 Å². The van der Waals surface area contributed by atoms with Gasteiger partial charge in [-0.25, -0.2) is 9.78 Å². The number of carbonyl (C=O) groups is 2. The van der Waals surface area contributed by atoms with Crippen LogP contribution >= 0.6 is 11.8 Å². The van der Waals surface area contributed by atoms with Crippen LogP contribution in [0, 0.1) is 11.3 Å². The number of hydrogen-bond donors (Lipinski definition) is 0. The highest BCUT2D eigenvalue weighted by molar-refractivity contribution is 7.99. The fraction of sp³-hybridized carbons (Fsp3) is 0.385. The molecule has 0 unspecified atom stereocenters. The van der Waals surface area contributed by atoms with E-state index in [0.717, 1.165) is 0 Å². The van der Waals surface area contributed by atoms with Crippen LogP contribution in [0.4, 0.5) is 8.78 Å². The number of amides is 1. The average molecular weight is 329 g/mol. The molecule has 1 aromatic heterocycles. The van der Waals surface area contributed by atoms with Crippen molar-refractivity contribution in [3.05, 3.63) is 23.9 Å². The van der Waals surface area contributed by atoms with Gasteiger partial charge in [-0.3, -0.25) is 4.79 Å². The summed E-state index contributed by atoms with van der Waals surface area (Å²) in [4.78, 5) is 28.4. The van der Waals surface area contributed by atoms with Crippen molar-refractivity contribution in [2.45, 2.75) is 17.2 Å². The van der Waals surface area contributed by atoms with E-state index in [1.54, 1.807) is 0 Å². The van der Waals surface area contributed by atoms with E-state index in [9.17, 15) is 18.4 Å². The van der Waals surface area contributed by atoms with E-state index in [2.05, 4.69) is 4.98 Å². The Hall–Kier alpha value is -2.21. The second-order valence-electron chi connectivity index (χ2n) is 4.03. The molecule has 22 heavy (non-hydrogen) atoms. The van der Waals surface area contributed by atoms with Crippen molar-refractivity contribution in [3.63, 3.8) is 0 Å². The zero-order valence-electron chi connectivity index (χ0n) is 11.7. The Morgan fingerprint density at radius 2 is 2.27 bits per heavy atom. The van der Waals surface area contributed by atoms with E-state index in [4.69, 9.17) is 10.00 Å². The normalized spacial score (nSPS) is 10.1. The van der Waals surface area contributed by atoms with Gasteiger partial charge in [0.05, 0.1) is 18.1 Å². The summed E-state index contributed by atoms with van der Waals surface area (Å²) in [5.41, 5.74) is -0.125. The van der Waals surface area contributed by atoms with Crippen molar-refractivity contribution in [2.24, 2.45) is 0 Å². The van der Waals surface area contributed by atoms with Gasteiger partial charge in [0.15, 0.2) is 6.61 Å². The monoisotopic (exact) mass is 329 g/mol. The lowest BCUT2D eigenvalue weighted by Crippen LogP contribution is -2.32. The molecule has 0 aliphatic rings. The highest BCUT2D eigenvalue weighted by Crippen LogP contribution is 2.26. The van der Waals surface area contributed by atoms with Crippen molar-refractivity contribution >= 4 is 23.6 Å². The Bertz CT molecular complexity index is 578. The molecule has 1 rings (SSSR count). The minimum absolute atomic E-state index is 0.125. The van der Waals surface area contributed by atoms with E-state index in [1.165, 1.54) is 30.3 Å². The van der Waals surface area contributed by atoms with Gasteiger partial charge in [0.1, 0.15) is 5.03 Å². The number of alkyl halides is 2. The number of nitrogens with zero attached hydrogens (tertiary/aromatic N) is 3. The fourth-order valence-electron chi connectivity index (χ4n) is 1.38. The van der Waals surface area contributed by atoms with Crippen LogP contribution in [0.1, 0.15) is 16.8 Å². The van der Waals surface area contributed by atoms with Gasteiger partial charge in [-0.05, 0) is 23.9 Å². The number of nitriles is 1. The van der Waals surface area contributed by atoms with E-state index in [-0.39, 0.29) is 35.3 Å². The topological polar surface area (TPSA) is 83.3 Å². The van der Waals surface area contributed by atoms with Crippen LogP contribution in [0.15, 0.2) is 23.4 Å². The lowest BCUT2D eigenvalue weighted by atomic mass is 10.3. The number of ether oxygens (including phenoxy) is 1. The average Bonchev–Trinajstić information content (AvgIpc) is 2.49. The molecule has 0 spiro atoms. The number of carbonyl (C=O) groups excluding carboxylic acids is 2. The predicted molar refractivity (Wildman–Crippen MR) is 74.2 cm³/mol. The summed E-state index contributed by atoms with van der Waals surface area (Å²) in [7, 11) is 1.47. The lowest BCUT2D eigenvalue weighted by molar-refractivity contribution is -0.133. The zero-order valence-corrected chi connectivity index (χ0v) is 12.5. The number of halogens is 2. The Labute approximate surface area is 130 Å². The van der Waals surface area contributed by atoms with E-state index >= 15 is 0 Å². The quantitative estimate of drug-likeness (QED) is 0.561. The number of hydrogen-bond acceptors (Lipinski definition) is 6. The van der Waals surface area contributed by atoms with Crippen molar-refractivity contribution in [1.29, 1.82) is 5.26 Å².